The van der Waals surface area contributed by atoms with Crippen LogP contribution in [0.2, 0.25) is 0 Å². The average molecular weight is 587 g/mol. The van der Waals surface area contributed by atoms with Gasteiger partial charge in [0.15, 0.2) is 6.29 Å². The molecule has 11 nitrogen and oxygen atoms in total. The van der Waals surface area contributed by atoms with Gasteiger partial charge in [-0.2, -0.15) is 9.40 Å². The third-order valence-electron chi connectivity index (χ3n) is 7.31. The number of sulfonamides is 1. The number of benzene rings is 3. The number of ether oxygens (including phenoxy) is 1. The standard InChI is InChI=1S/C30H30N6O5S/c1-34-19-28(32-33-34)25-16-26(25)29-27(30(37)38)17-31-36(29)21-9-6-8-20(14-21)18-35(2)42(39,40)24-13-7-12-23(15-24)41-22-10-4-3-5-11-22/h3-15,17,19,25-26,30,37-38H,16,18H2,1-2H3/t25-,26-/m1/s1. The van der Waals surface area contributed by atoms with Crippen molar-refractivity contribution in [3.63, 3.8) is 0 Å². The number of aryl methyl sites for hydroxylation is 1. The van der Waals surface area contributed by atoms with Crippen LogP contribution in [-0.2, 0) is 23.6 Å². The second kappa shape index (κ2) is 11.1. The lowest BCUT2D eigenvalue weighted by molar-refractivity contribution is -0.0431. The molecule has 6 rings (SSSR count). The molecule has 0 unspecified atom stereocenters. The normalized spacial score (nSPS) is 16.7. The number of rotatable bonds is 10. The predicted molar refractivity (Wildman–Crippen MR) is 153 cm³/mol. The number of aliphatic hydroxyl groups excluding tert-OH is 1. The smallest absolute Gasteiger partial charge is 0.243 e. The molecule has 0 saturated heterocycles. The maximum atomic E-state index is 13.5. The second-order valence-electron chi connectivity index (χ2n) is 10.4. The van der Waals surface area contributed by atoms with Gasteiger partial charge in [0.2, 0.25) is 10.0 Å². The van der Waals surface area contributed by atoms with Crippen molar-refractivity contribution >= 4 is 10.0 Å². The zero-order valence-corrected chi connectivity index (χ0v) is 23.8. The Hall–Kier alpha value is -4.36. The fraction of sp³-hybridized carbons (Fsp3) is 0.233. The number of nitrogens with zero attached hydrogens (tertiary/aromatic N) is 6. The van der Waals surface area contributed by atoms with Gasteiger partial charge in [0, 0.05) is 50.3 Å². The Morgan fingerprint density at radius 1 is 1.00 bits per heavy atom. The van der Waals surface area contributed by atoms with E-state index in [1.807, 2.05) is 48.7 Å². The van der Waals surface area contributed by atoms with Crippen molar-refractivity contribution in [2.75, 3.05) is 7.05 Å². The van der Waals surface area contributed by atoms with Gasteiger partial charge in [-0.1, -0.05) is 41.6 Å². The van der Waals surface area contributed by atoms with E-state index in [0.717, 1.165) is 17.7 Å². The monoisotopic (exact) mass is 586 g/mol. The first-order chi connectivity index (χ1) is 20.2. The summed E-state index contributed by atoms with van der Waals surface area (Å²) in [5.74, 6) is 1.11. The van der Waals surface area contributed by atoms with Gasteiger partial charge in [-0.3, -0.25) is 4.68 Å². The Kier molecular flexibility index (Phi) is 7.37. The van der Waals surface area contributed by atoms with Crippen LogP contribution in [0.5, 0.6) is 11.5 Å². The minimum atomic E-state index is -3.83. The van der Waals surface area contributed by atoms with Gasteiger partial charge in [0.1, 0.15) is 11.5 Å². The molecule has 0 radical (unpaired) electrons. The summed E-state index contributed by atoms with van der Waals surface area (Å²) in [6.45, 7) is 0.109. The molecule has 1 saturated carbocycles. The Bertz CT molecular complexity index is 1820. The molecule has 5 aromatic rings. The average Bonchev–Trinajstić information content (AvgIpc) is 3.42. The molecule has 216 valence electrons. The third kappa shape index (κ3) is 5.57. The molecule has 0 spiro atoms. The molecule has 2 heterocycles. The molecule has 2 aromatic heterocycles. The van der Waals surface area contributed by atoms with Crippen LogP contribution in [0.1, 0.15) is 47.1 Å². The van der Waals surface area contributed by atoms with Gasteiger partial charge >= 0.3 is 0 Å². The van der Waals surface area contributed by atoms with Crippen LogP contribution in [0.4, 0.5) is 0 Å². The molecule has 2 atom stereocenters. The van der Waals surface area contributed by atoms with Crippen LogP contribution in [-0.4, -0.2) is 54.8 Å². The van der Waals surface area contributed by atoms with Crippen molar-refractivity contribution in [3.8, 4) is 17.2 Å². The molecular weight excluding hydrogens is 556 g/mol. The van der Waals surface area contributed by atoms with E-state index in [1.165, 1.54) is 23.6 Å². The van der Waals surface area contributed by atoms with Crippen molar-refractivity contribution in [1.29, 1.82) is 0 Å². The number of aromatic nitrogens is 5. The van der Waals surface area contributed by atoms with Gasteiger partial charge in [0.25, 0.3) is 0 Å². The lowest BCUT2D eigenvalue weighted by Crippen LogP contribution is -2.26. The van der Waals surface area contributed by atoms with Crippen molar-refractivity contribution in [1.82, 2.24) is 29.1 Å². The number of hydrogen-bond acceptors (Lipinski definition) is 8. The minimum Gasteiger partial charge on any atom is -0.457 e. The summed E-state index contributed by atoms with van der Waals surface area (Å²) < 4.78 is 37.4. The summed E-state index contributed by atoms with van der Waals surface area (Å²) in [5.41, 5.74) is 3.28. The highest BCUT2D eigenvalue weighted by Gasteiger charge is 2.45. The summed E-state index contributed by atoms with van der Waals surface area (Å²) in [6.07, 6.45) is 2.41. The van der Waals surface area contributed by atoms with E-state index < -0.39 is 16.3 Å². The van der Waals surface area contributed by atoms with Crippen molar-refractivity contribution in [3.05, 3.63) is 114 Å². The topological polar surface area (TPSA) is 136 Å². The number of para-hydroxylation sites is 1. The van der Waals surface area contributed by atoms with Gasteiger partial charge in [-0.25, -0.2) is 13.1 Å². The molecule has 1 aliphatic rings. The highest BCUT2D eigenvalue weighted by molar-refractivity contribution is 7.89. The van der Waals surface area contributed by atoms with Crippen LogP contribution < -0.4 is 4.74 Å². The van der Waals surface area contributed by atoms with Crippen molar-refractivity contribution < 1.29 is 23.4 Å². The highest BCUT2D eigenvalue weighted by atomic mass is 32.2. The van der Waals surface area contributed by atoms with Gasteiger partial charge in [0.05, 0.1) is 28.2 Å². The maximum absolute atomic E-state index is 13.5. The van der Waals surface area contributed by atoms with Crippen molar-refractivity contribution in [2.45, 2.75) is 36.0 Å². The van der Waals surface area contributed by atoms with E-state index in [0.29, 0.717) is 28.4 Å². The van der Waals surface area contributed by atoms with E-state index in [9.17, 15) is 18.6 Å². The Balaban J connectivity index is 1.23. The molecule has 0 aliphatic heterocycles. The van der Waals surface area contributed by atoms with Gasteiger partial charge in [-0.15, -0.1) is 5.10 Å². The molecule has 12 heteroatoms. The van der Waals surface area contributed by atoms with Gasteiger partial charge in [-0.05, 0) is 48.4 Å². The van der Waals surface area contributed by atoms with E-state index in [2.05, 4.69) is 15.4 Å². The van der Waals surface area contributed by atoms with E-state index in [-0.39, 0.29) is 23.3 Å². The summed E-state index contributed by atoms with van der Waals surface area (Å²) in [4.78, 5) is 0.120. The zero-order valence-electron chi connectivity index (χ0n) is 23.0. The summed E-state index contributed by atoms with van der Waals surface area (Å²) in [5, 5.41) is 32.8. The summed E-state index contributed by atoms with van der Waals surface area (Å²) >= 11 is 0. The number of hydrogen-bond donors (Lipinski definition) is 2. The molecule has 42 heavy (non-hydrogen) atoms. The lowest BCUT2D eigenvalue weighted by Gasteiger charge is -2.19. The number of aliphatic hydroxyl groups is 2. The highest BCUT2D eigenvalue weighted by Crippen LogP contribution is 2.55. The van der Waals surface area contributed by atoms with Crippen LogP contribution in [0.25, 0.3) is 5.69 Å². The first-order valence-corrected chi connectivity index (χ1v) is 14.8. The molecule has 2 N–H and O–H groups in total. The van der Waals surface area contributed by atoms with Crippen LogP contribution in [0.15, 0.2) is 96.2 Å². The minimum absolute atomic E-state index is 0.0157. The fourth-order valence-electron chi connectivity index (χ4n) is 5.14. The van der Waals surface area contributed by atoms with Gasteiger partial charge < -0.3 is 14.9 Å². The van der Waals surface area contributed by atoms with Crippen LogP contribution >= 0.6 is 0 Å². The molecular formula is C30H30N6O5S. The third-order valence-corrected chi connectivity index (χ3v) is 9.11. The Labute approximate surface area is 243 Å². The predicted octanol–water partition coefficient (Wildman–Crippen LogP) is 3.87. The summed E-state index contributed by atoms with van der Waals surface area (Å²) in [7, 11) is -0.500. The van der Waals surface area contributed by atoms with E-state index in [1.54, 1.807) is 46.7 Å². The van der Waals surface area contributed by atoms with Crippen LogP contribution in [0, 0.1) is 0 Å². The van der Waals surface area contributed by atoms with E-state index >= 15 is 0 Å². The largest absolute Gasteiger partial charge is 0.457 e. The Morgan fingerprint density at radius 3 is 2.50 bits per heavy atom. The fourth-order valence-corrected chi connectivity index (χ4v) is 6.33. The second-order valence-corrected chi connectivity index (χ2v) is 12.4. The lowest BCUT2D eigenvalue weighted by atomic mass is 10.1. The first kappa shape index (κ1) is 27.8. The molecule has 1 fully saturated rings. The molecule has 0 amide bonds. The summed E-state index contributed by atoms with van der Waals surface area (Å²) in [6, 6.07) is 23.0. The SMILES string of the molecule is CN(Cc1cccc(-n2ncc(C(O)O)c2[C@@H]2C[C@H]2c2cn(C)nn2)c1)S(=O)(=O)c1cccc(Oc2ccccc2)c1. The quantitative estimate of drug-likeness (QED) is 0.236. The molecule has 1 aliphatic carbocycles. The Morgan fingerprint density at radius 2 is 1.76 bits per heavy atom. The molecule has 0 bridgehead atoms. The van der Waals surface area contributed by atoms with E-state index in [4.69, 9.17) is 4.74 Å². The first-order valence-electron chi connectivity index (χ1n) is 13.4. The van der Waals surface area contributed by atoms with Crippen molar-refractivity contribution in [2.24, 2.45) is 7.05 Å². The molecule has 3 aromatic carbocycles. The van der Waals surface area contributed by atoms with Crippen LogP contribution in [0.3, 0.4) is 0 Å². The maximum Gasteiger partial charge on any atom is 0.243 e. The zero-order chi connectivity index (χ0) is 29.4.